The molecule has 0 saturated carbocycles. The van der Waals surface area contributed by atoms with E-state index in [1.165, 1.54) is 0 Å². The number of rotatable bonds is 2. The van der Waals surface area contributed by atoms with Gasteiger partial charge in [-0.2, -0.15) is 0 Å². The van der Waals surface area contributed by atoms with Crippen molar-refractivity contribution in [2.24, 2.45) is 0 Å². The summed E-state index contributed by atoms with van der Waals surface area (Å²) in [6.07, 6.45) is 2.04. The summed E-state index contributed by atoms with van der Waals surface area (Å²) in [7, 11) is 0. The van der Waals surface area contributed by atoms with Crippen LogP contribution in [-0.4, -0.2) is 35.1 Å². The fourth-order valence-corrected chi connectivity index (χ4v) is 0.158. The quantitative estimate of drug-likeness (QED) is 0.568. The van der Waals surface area contributed by atoms with Gasteiger partial charge in [0, 0.05) is 19.8 Å². The summed E-state index contributed by atoms with van der Waals surface area (Å²) in [5.74, 6) is 0. The van der Waals surface area contributed by atoms with Gasteiger partial charge in [-0.15, -0.1) is 0 Å². The van der Waals surface area contributed by atoms with E-state index in [2.05, 4.69) is 6.92 Å². The van der Waals surface area contributed by atoms with Gasteiger partial charge in [0.05, 0.1) is 0 Å². The Labute approximate surface area is 69.7 Å². The zero-order chi connectivity index (χ0) is 9.54. The van der Waals surface area contributed by atoms with Gasteiger partial charge in [0.2, 0.25) is 0 Å². The Hall–Kier alpha value is -0.120. The van der Waals surface area contributed by atoms with Crippen LogP contribution < -0.4 is 0 Å². The van der Waals surface area contributed by atoms with Gasteiger partial charge in [-0.05, 0) is 20.3 Å². The van der Waals surface area contributed by atoms with E-state index in [0.717, 1.165) is 12.8 Å². The minimum atomic E-state index is 0.250. The zero-order valence-corrected chi connectivity index (χ0v) is 7.88. The molecule has 0 heterocycles. The summed E-state index contributed by atoms with van der Waals surface area (Å²) in [6.45, 7) is 6.26. The molecule has 3 heteroatoms. The Morgan fingerprint density at radius 1 is 0.818 bits per heavy atom. The first kappa shape index (κ1) is 17.1. The number of aliphatic hydroxyl groups is 3. The average molecular weight is 166 g/mol. The van der Waals surface area contributed by atoms with Crippen LogP contribution >= 0.6 is 0 Å². The van der Waals surface area contributed by atoms with E-state index in [1.807, 2.05) is 0 Å². The second kappa shape index (κ2) is 32.7. The Kier molecular flexibility index (Phi) is 50.9. The van der Waals surface area contributed by atoms with Crippen LogP contribution in [0.25, 0.3) is 0 Å². The van der Waals surface area contributed by atoms with Gasteiger partial charge in [-0.3, -0.25) is 0 Å². The highest BCUT2D eigenvalue weighted by Gasteiger charge is 1.69. The van der Waals surface area contributed by atoms with Gasteiger partial charge in [-0.1, -0.05) is 13.3 Å². The van der Waals surface area contributed by atoms with Gasteiger partial charge < -0.3 is 15.3 Å². The third-order valence-electron chi connectivity index (χ3n) is 0.512. The molecule has 0 unspecified atom stereocenters. The summed E-state index contributed by atoms with van der Waals surface area (Å²) in [4.78, 5) is 0. The number of aliphatic hydroxyl groups excluding tert-OH is 3. The molecule has 0 aliphatic rings. The van der Waals surface area contributed by atoms with Gasteiger partial charge in [0.25, 0.3) is 0 Å². The van der Waals surface area contributed by atoms with Gasteiger partial charge in [-0.25, -0.2) is 0 Å². The highest BCUT2D eigenvalue weighted by Crippen LogP contribution is 1.78. The van der Waals surface area contributed by atoms with E-state index in [0.29, 0.717) is 6.61 Å². The first-order valence-electron chi connectivity index (χ1n) is 4.07. The van der Waals surface area contributed by atoms with Crippen molar-refractivity contribution >= 4 is 0 Å². The molecule has 11 heavy (non-hydrogen) atoms. The van der Waals surface area contributed by atoms with Crippen LogP contribution in [0.4, 0.5) is 0 Å². The van der Waals surface area contributed by atoms with E-state index >= 15 is 0 Å². The van der Waals surface area contributed by atoms with Crippen molar-refractivity contribution in [3.63, 3.8) is 0 Å². The van der Waals surface area contributed by atoms with E-state index in [9.17, 15) is 0 Å². The Balaban J connectivity index is -0.0000000933. The summed E-state index contributed by atoms with van der Waals surface area (Å²) >= 11 is 0. The Morgan fingerprint density at radius 3 is 1.09 bits per heavy atom. The van der Waals surface area contributed by atoms with Crippen LogP contribution in [0, 0.1) is 0 Å². The molecule has 0 fully saturated rings. The number of hydrogen-bond acceptors (Lipinski definition) is 3. The summed E-state index contributed by atoms with van der Waals surface area (Å²) < 4.78 is 0. The molecule has 72 valence electrons. The number of unbranched alkanes of at least 4 members (excludes halogenated alkanes) is 1. The molecule has 0 amide bonds. The lowest BCUT2D eigenvalue weighted by atomic mass is 10.4. The molecule has 0 aliphatic heterocycles. The molecular formula is C8H22O3. The lowest BCUT2D eigenvalue weighted by molar-refractivity contribution is 0.287. The third kappa shape index (κ3) is 174. The molecule has 0 aromatic carbocycles. The maximum atomic E-state index is 8.07. The summed E-state index contributed by atoms with van der Waals surface area (Å²) in [5, 5.41) is 23.2. The minimum Gasteiger partial charge on any atom is -0.397 e. The van der Waals surface area contributed by atoms with E-state index in [4.69, 9.17) is 15.3 Å². The van der Waals surface area contributed by atoms with Crippen LogP contribution in [0.15, 0.2) is 0 Å². The van der Waals surface area contributed by atoms with E-state index in [1.54, 1.807) is 13.8 Å². The van der Waals surface area contributed by atoms with Crippen LogP contribution in [0.3, 0.4) is 0 Å². The predicted molar refractivity (Wildman–Crippen MR) is 47.5 cm³/mol. The third-order valence-corrected chi connectivity index (χ3v) is 0.512. The molecule has 3 N–H and O–H groups in total. The van der Waals surface area contributed by atoms with Crippen LogP contribution in [0.1, 0.15) is 33.6 Å². The minimum absolute atomic E-state index is 0.250. The fraction of sp³-hybridized carbons (Fsp3) is 1.00. The molecule has 0 aliphatic carbocycles. The zero-order valence-electron chi connectivity index (χ0n) is 7.88. The molecule has 0 saturated heterocycles. The largest absolute Gasteiger partial charge is 0.397 e. The molecule has 0 aromatic rings. The van der Waals surface area contributed by atoms with E-state index < -0.39 is 0 Å². The molecule has 0 aromatic heterocycles. The molecule has 0 spiro atoms. The molecule has 0 atom stereocenters. The molecule has 0 rings (SSSR count). The first-order chi connectivity index (χ1) is 5.24. The van der Waals surface area contributed by atoms with Crippen molar-refractivity contribution in [3.05, 3.63) is 0 Å². The molecule has 0 bridgehead atoms. The van der Waals surface area contributed by atoms with Crippen molar-refractivity contribution in [3.8, 4) is 0 Å². The second-order valence-corrected chi connectivity index (χ2v) is 1.71. The van der Waals surface area contributed by atoms with E-state index in [-0.39, 0.29) is 13.2 Å². The SMILES string of the molecule is CCCCO.CCO.CCO. The standard InChI is InChI=1S/C4H10O.2C2H6O/c1-2-3-4-5;2*1-2-3/h5H,2-4H2,1H3;2*3H,2H2,1H3. The maximum Gasteiger partial charge on any atom is 0.0430 e. The van der Waals surface area contributed by atoms with Crippen molar-refractivity contribution in [1.29, 1.82) is 0 Å². The Bertz CT molecular complexity index is 28.5. The highest BCUT2D eigenvalue weighted by molar-refractivity contribution is 4.23. The number of hydrogen-bond donors (Lipinski definition) is 3. The smallest absolute Gasteiger partial charge is 0.0430 e. The molecule has 0 radical (unpaired) electrons. The van der Waals surface area contributed by atoms with Gasteiger partial charge in [0.1, 0.15) is 0 Å². The second-order valence-electron chi connectivity index (χ2n) is 1.71. The van der Waals surface area contributed by atoms with Gasteiger partial charge in [0.15, 0.2) is 0 Å². The summed E-state index contributed by atoms with van der Waals surface area (Å²) in [5.41, 5.74) is 0. The lowest BCUT2D eigenvalue weighted by Crippen LogP contribution is -1.75. The van der Waals surface area contributed by atoms with Crippen molar-refractivity contribution in [2.45, 2.75) is 33.6 Å². The molecule has 3 nitrogen and oxygen atoms in total. The monoisotopic (exact) mass is 166 g/mol. The molecular weight excluding hydrogens is 144 g/mol. The average Bonchev–Trinajstić information content (AvgIpc) is 1.92. The van der Waals surface area contributed by atoms with Crippen molar-refractivity contribution in [1.82, 2.24) is 0 Å². The van der Waals surface area contributed by atoms with Gasteiger partial charge >= 0.3 is 0 Å². The fourth-order valence-electron chi connectivity index (χ4n) is 0.158. The van der Waals surface area contributed by atoms with Crippen LogP contribution in [0.5, 0.6) is 0 Å². The first-order valence-corrected chi connectivity index (χ1v) is 4.07. The Morgan fingerprint density at radius 2 is 1.09 bits per heavy atom. The van der Waals surface area contributed by atoms with Crippen molar-refractivity contribution in [2.75, 3.05) is 19.8 Å². The topological polar surface area (TPSA) is 60.7 Å². The maximum absolute atomic E-state index is 8.07. The predicted octanol–water partition coefficient (Wildman–Crippen LogP) is 0.776. The normalized spacial score (nSPS) is 7.09. The van der Waals surface area contributed by atoms with Crippen LogP contribution in [0.2, 0.25) is 0 Å². The van der Waals surface area contributed by atoms with Crippen molar-refractivity contribution < 1.29 is 15.3 Å². The lowest BCUT2D eigenvalue weighted by Gasteiger charge is -1.79. The summed E-state index contributed by atoms with van der Waals surface area (Å²) in [6, 6.07) is 0. The van der Waals surface area contributed by atoms with Crippen LogP contribution in [-0.2, 0) is 0 Å². The highest BCUT2D eigenvalue weighted by atomic mass is 16.3.